The molecule has 2 aromatic rings. The molecule has 2 rings (SSSR count). The molecular formula is C28H37NO4. The van der Waals surface area contributed by atoms with E-state index in [1.165, 1.54) is 25.7 Å². The first-order valence-corrected chi connectivity index (χ1v) is 11.9. The average Bonchev–Trinajstić information content (AvgIpc) is 2.80. The number of hydrogen-bond acceptors (Lipinski definition) is 3. The van der Waals surface area contributed by atoms with Crippen molar-refractivity contribution in [3.8, 4) is 5.75 Å². The molecule has 1 amide bonds. The Morgan fingerprint density at radius 1 is 0.970 bits per heavy atom. The van der Waals surface area contributed by atoms with E-state index in [1.54, 1.807) is 6.08 Å². The number of benzene rings is 2. The molecule has 0 radical (unpaired) electrons. The second kappa shape index (κ2) is 14.1. The molecule has 0 aromatic heterocycles. The molecule has 5 heteroatoms. The number of hydrogen-bond donors (Lipinski definition) is 2. The number of aryl methyl sites for hydroxylation is 1. The second-order valence-electron chi connectivity index (χ2n) is 8.61. The summed E-state index contributed by atoms with van der Waals surface area (Å²) in [5.74, 6) is -0.796. The van der Waals surface area contributed by atoms with Crippen molar-refractivity contribution < 1.29 is 19.4 Å². The van der Waals surface area contributed by atoms with Crippen LogP contribution in [-0.4, -0.2) is 23.6 Å². The van der Waals surface area contributed by atoms with Gasteiger partial charge in [0.25, 0.3) is 0 Å². The molecule has 0 saturated carbocycles. The van der Waals surface area contributed by atoms with Crippen LogP contribution < -0.4 is 10.5 Å². The van der Waals surface area contributed by atoms with Crippen LogP contribution >= 0.6 is 0 Å². The second-order valence-corrected chi connectivity index (χ2v) is 8.61. The van der Waals surface area contributed by atoms with Crippen LogP contribution in [0.2, 0.25) is 0 Å². The molecule has 1 unspecified atom stereocenters. The number of carboxylic acids is 1. The molecule has 178 valence electrons. The number of unbranched alkanes of at least 4 members (excludes halogenated alkanes) is 4. The Bertz CT molecular complexity index is 877. The van der Waals surface area contributed by atoms with Gasteiger partial charge in [0, 0.05) is 6.42 Å². The van der Waals surface area contributed by atoms with E-state index in [0.29, 0.717) is 6.42 Å². The van der Waals surface area contributed by atoms with Crippen molar-refractivity contribution in [1.29, 1.82) is 0 Å². The van der Waals surface area contributed by atoms with Crippen molar-refractivity contribution in [3.05, 3.63) is 77.9 Å². The Kier molecular flexibility index (Phi) is 11.2. The van der Waals surface area contributed by atoms with Crippen LogP contribution in [0.5, 0.6) is 5.75 Å². The van der Waals surface area contributed by atoms with Gasteiger partial charge >= 0.3 is 5.97 Å². The number of rotatable bonds is 16. The fraction of sp³-hybridized carbons (Fsp3) is 0.429. The summed E-state index contributed by atoms with van der Waals surface area (Å²) in [6, 6.07) is 17.4. The van der Waals surface area contributed by atoms with Crippen molar-refractivity contribution in [3.63, 3.8) is 0 Å². The first kappa shape index (κ1) is 26.2. The maximum absolute atomic E-state index is 12.1. The molecule has 2 aromatic carbocycles. The van der Waals surface area contributed by atoms with Crippen LogP contribution in [0.15, 0.2) is 66.7 Å². The lowest BCUT2D eigenvalue weighted by atomic mass is 9.78. The van der Waals surface area contributed by atoms with Gasteiger partial charge in [-0.15, -0.1) is 0 Å². The normalized spacial score (nSPS) is 13.0. The maximum Gasteiger partial charge on any atom is 0.314 e. The number of amides is 1. The zero-order valence-corrected chi connectivity index (χ0v) is 19.7. The summed E-state index contributed by atoms with van der Waals surface area (Å²) in [7, 11) is 0. The zero-order chi connectivity index (χ0) is 23.9. The number of ether oxygens (including phenoxy) is 1. The summed E-state index contributed by atoms with van der Waals surface area (Å²) >= 11 is 0. The third-order valence-electron chi connectivity index (χ3n) is 5.75. The molecule has 33 heavy (non-hydrogen) atoms. The maximum atomic E-state index is 12.1. The number of carbonyl (C=O) groups excluding carboxylic acids is 1. The monoisotopic (exact) mass is 451 g/mol. The van der Waals surface area contributed by atoms with Crippen molar-refractivity contribution in [2.24, 2.45) is 11.1 Å². The predicted octanol–water partition coefficient (Wildman–Crippen LogP) is 5.71. The Morgan fingerprint density at radius 2 is 1.67 bits per heavy atom. The number of nitrogens with two attached hydrogens (primary N) is 1. The van der Waals surface area contributed by atoms with Crippen molar-refractivity contribution >= 4 is 11.9 Å². The highest BCUT2D eigenvalue weighted by atomic mass is 16.5. The summed E-state index contributed by atoms with van der Waals surface area (Å²) in [6.07, 6.45) is 11.0. The molecule has 3 N–H and O–H groups in total. The first-order valence-electron chi connectivity index (χ1n) is 11.9. The minimum atomic E-state index is -1.35. The van der Waals surface area contributed by atoms with Gasteiger partial charge in [-0.2, -0.15) is 0 Å². The van der Waals surface area contributed by atoms with E-state index < -0.39 is 17.3 Å². The molecule has 0 fully saturated rings. The van der Waals surface area contributed by atoms with Gasteiger partial charge < -0.3 is 15.6 Å². The molecule has 0 aliphatic carbocycles. The lowest BCUT2D eigenvalue weighted by Gasteiger charge is -2.25. The summed E-state index contributed by atoms with van der Waals surface area (Å²) in [5, 5.41) is 9.94. The quantitative estimate of drug-likeness (QED) is 0.252. The number of primary amides is 1. The Morgan fingerprint density at radius 3 is 2.30 bits per heavy atom. The highest BCUT2D eigenvalue weighted by Crippen LogP contribution is 2.30. The van der Waals surface area contributed by atoms with Crippen LogP contribution in [0.25, 0.3) is 0 Å². The van der Waals surface area contributed by atoms with Crippen LogP contribution in [0.1, 0.15) is 63.0 Å². The van der Waals surface area contributed by atoms with E-state index in [4.69, 9.17) is 10.5 Å². The minimum Gasteiger partial charge on any atom is -0.494 e. The molecular weight excluding hydrogens is 414 g/mol. The van der Waals surface area contributed by atoms with Crippen LogP contribution in [0, 0.1) is 5.41 Å². The fourth-order valence-electron chi connectivity index (χ4n) is 3.88. The molecule has 1 atom stereocenters. The van der Waals surface area contributed by atoms with Crippen LogP contribution in [0.3, 0.4) is 0 Å². The highest BCUT2D eigenvalue weighted by Gasteiger charge is 2.37. The van der Waals surface area contributed by atoms with Gasteiger partial charge in [0.2, 0.25) is 5.91 Å². The first-order chi connectivity index (χ1) is 15.9. The van der Waals surface area contributed by atoms with E-state index in [2.05, 4.69) is 6.92 Å². The summed E-state index contributed by atoms with van der Waals surface area (Å²) in [4.78, 5) is 23.8. The standard InChI is InChI=1S/C28H37NO4/c1-2-3-4-5-11-20-33-25-17-15-23(16-18-25)12-9-10-19-28(27(31)32,22-26(29)30)21-24-13-7-6-8-14-24/h6-8,10,13-19H,2-5,9,11-12,20-22H2,1H3,(H2,29,30)(H,31,32)/b19-10+. The van der Waals surface area contributed by atoms with Crippen molar-refractivity contribution in [1.82, 2.24) is 0 Å². The third kappa shape index (κ3) is 9.52. The van der Waals surface area contributed by atoms with E-state index in [-0.39, 0.29) is 12.8 Å². The number of aliphatic carboxylic acids is 1. The van der Waals surface area contributed by atoms with Crippen LogP contribution in [0.4, 0.5) is 0 Å². The summed E-state index contributed by atoms with van der Waals surface area (Å²) < 4.78 is 5.81. The number of carboxylic acid groups (broad SMARTS) is 1. The Hall–Kier alpha value is -3.08. The van der Waals surface area contributed by atoms with E-state index >= 15 is 0 Å². The van der Waals surface area contributed by atoms with Gasteiger partial charge in [-0.25, -0.2) is 0 Å². The van der Waals surface area contributed by atoms with Gasteiger partial charge in [-0.3, -0.25) is 9.59 Å². The van der Waals surface area contributed by atoms with Gasteiger partial charge in [-0.05, 0) is 48.9 Å². The topological polar surface area (TPSA) is 89.6 Å². The van der Waals surface area contributed by atoms with E-state index in [1.807, 2.05) is 60.7 Å². The Labute approximate surface area is 197 Å². The lowest BCUT2D eigenvalue weighted by Crippen LogP contribution is -2.36. The Balaban J connectivity index is 1.91. The predicted molar refractivity (Wildman–Crippen MR) is 132 cm³/mol. The van der Waals surface area contributed by atoms with E-state index in [9.17, 15) is 14.7 Å². The van der Waals surface area contributed by atoms with Crippen molar-refractivity contribution in [2.75, 3.05) is 6.61 Å². The number of allylic oxidation sites excluding steroid dienone is 1. The van der Waals surface area contributed by atoms with Crippen LogP contribution in [-0.2, 0) is 22.4 Å². The molecule has 0 aliphatic rings. The highest BCUT2D eigenvalue weighted by molar-refractivity contribution is 5.86. The largest absolute Gasteiger partial charge is 0.494 e. The molecule has 0 spiro atoms. The van der Waals surface area contributed by atoms with Gasteiger partial charge in [0.05, 0.1) is 12.0 Å². The van der Waals surface area contributed by atoms with E-state index in [0.717, 1.165) is 36.3 Å². The van der Waals surface area contributed by atoms with Crippen molar-refractivity contribution in [2.45, 2.75) is 64.7 Å². The summed E-state index contributed by atoms with van der Waals surface area (Å²) in [6.45, 7) is 2.95. The smallest absolute Gasteiger partial charge is 0.314 e. The molecule has 0 aliphatic heterocycles. The minimum absolute atomic E-state index is 0.215. The zero-order valence-electron chi connectivity index (χ0n) is 19.7. The average molecular weight is 452 g/mol. The molecule has 5 nitrogen and oxygen atoms in total. The fourth-order valence-corrected chi connectivity index (χ4v) is 3.88. The molecule has 0 heterocycles. The number of carbonyl (C=O) groups is 2. The third-order valence-corrected chi connectivity index (χ3v) is 5.75. The SMILES string of the molecule is CCCCCCCOc1ccc(CC/C=C/C(CC(N)=O)(Cc2ccccc2)C(=O)O)cc1. The van der Waals surface area contributed by atoms with Gasteiger partial charge in [0.1, 0.15) is 5.75 Å². The molecule has 0 saturated heterocycles. The summed E-state index contributed by atoms with van der Waals surface area (Å²) in [5.41, 5.74) is 6.05. The van der Waals surface area contributed by atoms with Gasteiger partial charge in [-0.1, -0.05) is 87.2 Å². The molecule has 0 bridgehead atoms. The lowest BCUT2D eigenvalue weighted by molar-refractivity contribution is -0.148. The van der Waals surface area contributed by atoms with Gasteiger partial charge in [0.15, 0.2) is 0 Å².